The number of amides is 1. The van der Waals surface area contributed by atoms with Gasteiger partial charge in [-0.1, -0.05) is 30.3 Å². The first-order valence-corrected chi connectivity index (χ1v) is 10.3. The number of para-hydroxylation sites is 2. The van der Waals surface area contributed by atoms with Crippen LogP contribution in [-0.4, -0.2) is 22.6 Å². The van der Waals surface area contributed by atoms with Gasteiger partial charge in [0.15, 0.2) is 0 Å². The van der Waals surface area contributed by atoms with E-state index in [1.54, 1.807) is 7.11 Å². The smallest absolute Gasteiger partial charge is 0.222 e. The summed E-state index contributed by atoms with van der Waals surface area (Å²) in [5.74, 6) is 0.918. The Morgan fingerprint density at radius 3 is 3.00 bits per heavy atom. The van der Waals surface area contributed by atoms with E-state index in [1.807, 2.05) is 24.4 Å². The molecule has 0 aliphatic heterocycles. The van der Waals surface area contributed by atoms with Gasteiger partial charge in [-0.3, -0.25) is 4.79 Å². The number of ether oxygens (including phenoxy) is 1. The summed E-state index contributed by atoms with van der Waals surface area (Å²) >= 11 is 0. The molecule has 1 aliphatic carbocycles. The van der Waals surface area contributed by atoms with Crippen molar-refractivity contribution in [2.45, 2.75) is 38.3 Å². The molecule has 5 nitrogen and oxygen atoms in total. The summed E-state index contributed by atoms with van der Waals surface area (Å²) in [6.07, 6.45) is 5.61. The molecule has 1 atom stereocenters. The monoisotopic (exact) mass is 387 g/mol. The van der Waals surface area contributed by atoms with Crippen LogP contribution >= 0.6 is 0 Å². The third-order valence-electron chi connectivity index (χ3n) is 6.00. The van der Waals surface area contributed by atoms with E-state index in [0.717, 1.165) is 41.4 Å². The minimum atomic E-state index is 0.0644. The van der Waals surface area contributed by atoms with Gasteiger partial charge < -0.3 is 19.6 Å². The molecule has 2 aromatic heterocycles. The van der Waals surface area contributed by atoms with Gasteiger partial charge >= 0.3 is 0 Å². The highest BCUT2D eigenvalue weighted by Gasteiger charge is 2.25. The van der Waals surface area contributed by atoms with E-state index >= 15 is 0 Å². The molecule has 0 spiro atoms. The van der Waals surface area contributed by atoms with Crippen molar-refractivity contribution in [2.24, 2.45) is 0 Å². The van der Waals surface area contributed by atoms with Crippen molar-refractivity contribution in [3.8, 4) is 5.75 Å². The number of methoxy groups -OCH3 is 1. The number of hydrogen-bond acceptors (Lipinski definition) is 2. The van der Waals surface area contributed by atoms with E-state index in [0.29, 0.717) is 13.0 Å². The van der Waals surface area contributed by atoms with Crippen LogP contribution < -0.4 is 10.1 Å². The third-order valence-corrected chi connectivity index (χ3v) is 6.00. The lowest BCUT2D eigenvalue weighted by Gasteiger charge is -2.24. The summed E-state index contributed by atoms with van der Waals surface area (Å²) in [5, 5.41) is 5.67. The molecular weight excluding hydrogens is 362 g/mol. The molecule has 2 aromatic carbocycles. The summed E-state index contributed by atoms with van der Waals surface area (Å²) < 4.78 is 7.60. The highest BCUT2D eigenvalue weighted by molar-refractivity contribution is 5.87. The third kappa shape index (κ3) is 3.16. The Morgan fingerprint density at radius 1 is 1.21 bits per heavy atom. The highest BCUT2D eigenvalue weighted by atomic mass is 16.5. The number of aromatic amines is 1. The molecule has 1 amide bonds. The van der Waals surface area contributed by atoms with Gasteiger partial charge in [0.25, 0.3) is 0 Å². The van der Waals surface area contributed by atoms with Crippen LogP contribution in [0, 0.1) is 0 Å². The largest absolute Gasteiger partial charge is 0.495 e. The van der Waals surface area contributed by atoms with Crippen LogP contribution in [0.25, 0.3) is 21.8 Å². The number of rotatable bonds is 5. The normalized spacial score (nSPS) is 16.1. The van der Waals surface area contributed by atoms with Gasteiger partial charge in [0, 0.05) is 41.1 Å². The van der Waals surface area contributed by atoms with E-state index < -0.39 is 0 Å². The molecule has 0 saturated carbocycles. The van der Waals surface area contributed by atoms with Crippen molar-refractivity contribution >= 4 is 27.7 Å². The molecule has 1 aliphatic rings. The van der Waals surface area contributed by atoms with Crippen LogP contribution in [0.5, 0.6) is 5.75 Å². The molecule has 2 heterocycles. The number of carbonyl (C=O) groups excluding carboxylic acids is 1. The number of benzene rings is 2. The predicted octanol–water partition coefficient (Wildman–Crippen LogP) is 4.72. The zero-order valence-electron chi connectivity index (χ0n) is 16.6. The van der Waals surface area contributed by atoms with Gasteiger partial charge in [0.1, 0.15) is 5.75 Å². The number of fused-ring (bicyclic) bond motifs is 4. The lowest BCUT2D eigenvalue weighted by atomic mass is 9.91. The van der Waals surface area contributed by atoms with Crippen molar-refractivity contribution in [1.29, 1.82) is 0 Å². The van der Waals surface area contributed by atoms with Crippen molar-refractivity contribution < 1.29 is 9.53 Å². The van der Waals surface area contributed by atoms with Gasteiger partial charge in [-0.25, -0.2) is 0 Å². The maximum absolute atomic E-state index is 12.8. The Kier molecular flexibility index (Phi) is 4.51. The van der Waals surface area contributed by atoms with Crippen LogP contribution in [0.3, 0.4) is 0 Å². The summed E-state index contributed by atoms with van der Waals surface area (Å²) in [5.41, 5.74) is 4.74. The standard InChI is InChI=1S/C24H25N3O2/c1-29-21-11-4-6-16-12-14-27(24(16)21)15-13-22(28)25-20-10-5-8-18-17-7-2-3-9-19(17)26-23(18)20/h2-4,6-7,9,11-12,14,20,26H,5,8,10,13,15H2,1H3,(H,25,28). The Hall–Kier alpha value is -3.21. The Morgan fingerprint density at radius 2 is 2.10 bits per heavy atom. The average Bonchev–Trinajstić information content (AvgIpc) is 3.34. The van der Waals surface area contributed by atoms with Gasteiger partial charge in [-0.15, -0.1) is 0 Å². The molecule has 5 heteroatoms. The first-order chi connectivity index (χ1) is 14.2. The second kappa shape index (κ2) is 7.32. The van der Waals surface area contributed by atoms with Crippen LogP contribution in [0.1, 0.15) is 36.6 Å². The molecule has 5 rings (SSSR count). The number of nitrogens with zero attached hydrogens (tertiary/aromatic N) is 1. The van der Waals surface area contributed by atoms with E-state index in [9.17, 15) is 4.79 Å². The van der Waals surface area contributed by atoms with Gasteiger partial charge in [0.2, 0.25) is 5.91 Å². The fraction of sp³-hybridized carbons (Fsp3) is 0.292. The SMILES string of the molecule is COc1cccc2ccn(CCC(=O)NC3CCCc4c3[nH]c3ccccc43)c12. The lowest BCUT2D eigenvalue weighted by Crippen LogP contribution is -2.31. The first-order valence-electron chi connectivity index (χ1n) is 10.3. The molecule has 29 heavy (non-hydrogen) atoms. The Bertz CT molecular complexity index is 1190. The van der Waals surface area contributed by atoms with Gasteiger partial charge in [0.05, 0.1) is 18.7 Å². The molecule has 4 aromatic rings. The van der Waals surface area contributed by atoms with Crippen molar-refractivity contribution in [3.63, 3.8) is 0 Å². The maximum Gasteiger partial charge on any atom is 0.222 e. The lowest BCUT2D eigenvalue weighted by molar-refractivity contribution is -0.122. The van der Waals surface area contributed by atoms with Crippen LogP contribution in [0.2, 0.25) is 0 Å². The summed E-state index contributed by atoms with van der Waals surface area (Å²) in [6.45, 7) is 0.627. The van der Waals surface area contributed by atoms with E-state index in [-0.39, 0.29) is 11.9 Å². The second-order valence-corrected chi connectivity index (χ2v) is 7.73. The van der Waals surface area contributed by atoms with Crippen LogP contribution in [-0.2, 0) is 17.8 Å². The number of hydrogen-bond donors (Lipinski definition) is 2. The molecule has 0 fully saturated rings. The summed E-state index contributed by atoms with van der Waals surface area (Å²) in [6, 6.07) is 16.5. The number of nitrogens with one attached hydrogen (secondary N) is 2. The van der Waals surface area contributed by atoms with Crippen molar-refractivity contribution in [2.75, 3.05) is 7.11 Å². The van der Waals surface area contributed by atoms with E-state index in [4.69, 9.17) is 4.74 Å². The van der Waals surface area contributed by atoms with E-state index in [1.165, 1.54) is 16.6 Å². The zero-order chi connectivity index (χ0) is 19.8. The quantitative estimate of drug-likeness (QED) is 0.521. The summed E-state index contributed by atoms with van der Waals surface area (Å²) in [4.78, 5) is 16.3. The van der Waals surface area contributed by atoms with Gasteiger partial charge in [-0.05, 0) is 43.0 Å². The van der Waals surface area contributed by atoms with Crippen LogP contribution in [0.4, 0.5) is 0 Å². The Labute approximate surface area is 169 Å². The van der Waals surface area contributed by atoms with E-state index in [2.05, 4.69) is 45.2 Å². The minimum absolute atomic E-state index is 0.0644. The molecule has 0 saturated heterocycles. The predicted molar refractivity (Wildman–Crippen MR) is 115 cm³/mol. The fourth-order valence-electron chi connectivity index (χ4n) is 4.62. The topological polar surface area (TPSA) is 59.0 Å². The number of carbonyl (C=O) groups is 1. The molecule has 0 radical (unpaired) electrons. The summed E-state index contributed by atoms with van der Waals surface area (Å²) in [7, 11) is 1.68. The second-order valence-electron chi connectivity index (χ2n) is 7.73. The molecular formula is C24H25N3O2. The van der Waals surface area contributed by atoms with Crippen molar-refractivity contribution in [3.05, 3.63) is 66.0 Å². The van der Waals surface area contributed by atoms with Crippen LogP contribution in [0.15, 0.2) is 54.7 Å². The van der Waals surface area contributed by atoms with Gasteiger partial charge in [-0.2, -0.15) is 0 Å². The highest BCUT2D eigenvalue weighted by Crippen LogP contribution is 2.34. The number of H-pyrrole nitrogens is 1. The maximum atomic E-state index is 12.8. The minimum Gasteiger partial charge on any atom is -0.495 e. The molecule has 0 bridgehead atoms. The molecule has 1 unspecified atom stereocenters. The number of aryl methyl sites for hydroxylation is 2. The Balaban J connectivity index is 1.31. The average molecular weight is 387 g/mol. The number of aromatic nitrogens is 2. The zero-order valence-corrected chi connectivity index (χ0v) is 16.6. The fourth-order valence-corrected chi connectivity index (χ4v) is 4.62. The molecule has 2 N–H and O–H groups in total. The van der Waals surface area contributed by atoms with Crippen molar-refractivity contribution in [1.82, 2.24) is 14.9 Å². The first kappa shape index (κ1) is 17.9. The molecule has 148 valence electrons.